The molecule has 1 aromatic carbocycles. The number of likely N-dealkylation sites (tertiary alicyclic amines) is 1. The lowest BCUT2D eigenvalue weighted by molar-refractivity contribution is -0.127. The highest BCUT2D eigenvalue weighted by Crippen LogP contribution is 2.10. The monoisotopic (exact) mass is 521 g/mol. The molecule has 1 heterocycles. The molecule has 1 aliphatic heterocycles. The van der Waals surface area contributed by atoms with E-state index in [9.17, 15) is 9.59 Å². The van der Waals surface area contributed by atoms with Crippen LogP contribution in [0.4, 0.5) is 0 Å². The van der Waals surface area contributed by atoms with Gasteiger partial charge in [-0.25, -0.2) is 0 Å². The molecule has 0 aliphatic carbocycles. The fourth-order valence-electron chi connectivity index (χ4n) is 2.79. The molecule has 1 saturated heterocycles. The Morgan fingerprint density at radius 3 is 2.54 bits per heavy atom. The third-order valence-corrected chi connectivity index (χ3v) is 4.43. The van der Waals surface area contributed by atoms with Crippen molar-refractivity contribution in [2.75, 3.05) is 39.3 Å². The van der Waals surface area contributed by atoms with Gasteiger partial charge in [-0.1, -0.05) is 11.6 Å². The first kappa shape index (κ1) is 24.5. The van der Waals surface area contributed by atoms with E-state index in [0.29, 0.717) is 42.6 Å². The highest BCUT2D eigenvalue weighted by atomic mass is 127. The Morgan fingerprint density at radius 1 is 1.18 bits per heavy atom. The molecule has 3 N–H and O–H groups in total. The Labute approximate surface area is 188 Å². The summed E-state index contributed by atoms with van der Waals surface area (Å²) in [5.74, 6) is 0.831. The standard InChI is InChI=1S/C19H28ClN5O2.HI/c1-2-21-19(23-10-4-14-25-13-3-5-17(25)26)24-12-11-22-18(27)15-6-8-16(20)9-7-15;/h6-9H,2-5,10-14H2,1H3,(H,22,27)(H2,21,23,24);1H. The maximum Gasteiger partial charge on any atom is 0.251 e. The van der Waals surface area contributed by atoms with Gasteiger partial charge in [-0.2, -0.15) is 0 Å². The van der Waals surface area contributed by atoms with E-state index in [4.69, 9.17) is 11.6 Å². The van der Waals surface area contributed by atoms with Crippen molar-refractivity contribution in [1.29, 1.82) is 0 Å². The minimum absolute atomic E-state index is 0. The van der Waals surface area contributed by atoms with Crippen LogP contribution < -0.4 is 16.0 Å². The van der Waals surface area contributed by atoms with Crippen molar-refractivity contribution in [2.24, 2.45) is 4.99 Å². The van der Waals surface area contributed by atoms with Crippen LogP contribution in [0.3, 0.4) is 0 Å². The van der Waals surface area contributed by atoms with Crippen LogP contribution in [-0.2, 0) is 4.79 Å². The van der Waals surface area contributed by atoms with Gasteiger partial charge in [-0.3, -0.25) is 14.6 Å². The molecule has 9 heteroatoms. The Kier molecular flexibility index (Phi) is 11.9. The first-order valence-electron chi connectivity index (χ1n) is 9.44. The third-order valence-electron chi connectivity index (χ3n) is 4.18. The molecule has 0 bridgehead atoms. The highest BCUT2D eigenvalue weighted by Gasteiger charge is 2.18. The van der Waals surface area contributed by atoms with E-state index < -0.39 is 0 Å². The lowest BCUT2D eigenvalue weighted by atomic mass is 10.2. The van der Waals surface area contributed by atoms with Crippen LogP contribution in [0.25, 0.3) is 0 Å². The fourth-order valence-corrected chi connectivity index (χ4v) is 2.92. The fraction of sp³-hybridized carbons (Fsp3) is 0.526. The summed E-state index contributed by atoms with van der Waals surface area (Å²) in [7, 11) is 0. The average molecular weight is 522 g/mol. The number of nitrogens with one attached hydrogen (secondary N) is 3. The summed E-state index contributed by atoms with van der Waals surface area (Å²) in [6, 6.07) is 6.78. The van der Waals surface area contributed by atoms with Crippen LogP contribution >= 0.6 is 35.6 Å². The van der Waals surface area contributed by atoms with Gasteiger partial charge in [0, 0.05) is 56.3 Å². The van der Waals surface area contributed by atoms with Gasteiger partial charge in [0.25, 0.3) is 5.91 Å². The Morgan fingerprint density at radius 2 is 1.89 bits per heavy atom. The van der Waals surface area contributed by atoms with E-state index in [1.807, 2.05) is 11.8 Å². The van der Waals surface area contributed by atoms with E-state index in [0.717, 1.165) is 32.5 Å². The third kappa shape index (κ3) is 8.64. The topological polar surface area (TPSA) is 85.8 Å². The molecule has 0 atom stereocenters. The van der Waals surface area contributed by atoms with Crippen LogP contribution in [0, 0.1) is 0 Å². The lowest BCUT2D eigenvalue weighted by Crippen LogP contribution is -2.41. The van der Waals surface area contributed by atoms with Gasteiger partial charge in [-0.05, 0) is 44.0 Å². The predicted molar refractivity (Wildman–Crippen MR) is 124 cm³/mol. The van der Waals surface area contributed by atoms with E-state index in [1.54, 1.807) is 24.3 Å². The van der Waals surface area contributed by atoms with Crippen molar-refractivity contribution in [3.05, 3.63) is 34.9 Å². The second-order valence-electron chi connectivity index (χ2n) is 6.29. The number of aliphatic imine (C=N–C) groups is 1. The molecule has 0 unspecified atom stereocenters. The summed E-state index contributed by atoms with van der Waals surface area (Å²) in [4.78, 5) is 30.0. The highest BCUT2D eigenvalue weighted by molar-refractivity contribution is 14.0. The van der Waals surface area contributed by atoms with Crippen LogP contribution in [-0.4, -0.2) is 61.9 Å². The number of nitrogens with zero attached hydrogens (tertiary/aromatic N) is 2. The molecule has 7 nitrogen and oxygen atoms in total. The number of amides is 2. The van der Waals surface area contributed by atoms with E-state index in [1.165, 1.54) is 0 Å². The summed E-state index contributed by atoms with van der Waals surface area (Å²) in [6.45, 7) is 6.09. The average Bonchev–Trinajstić information content (AvgIpc) is 3.07. The molecule has 0 saturated carbocycles. The first-order valence-corrected chi connectivity index (χ1v) is 9.81. The van der Waals surface area contributed by atoms with Crippen LogP contribution in [0.2, 0.25) is 5.02 Å². The predicted octanol–water partition coefficient (Wildman–Crippen LogP) is 2.26. The number of carbonyl (C=O) groups is 2. The molecule has 2 amide bonds. The number of rotatable bonds is 9. The van der Waals surface area contributed by atoms with Gasteiger partial charge in [0.15, 0.2) is 5.96 Å². The molecular formula is C19H29ClIN5O2. The molecule has 1 aromatic rings. The lowest BCUT2D eigenvalue weighted by Gasteiger charge is -2.15. The van der Waals surface area contributed by atoms with Crippen molar-refractivity contribution in [2.45, 2.75) is 26.2 Å². The van der Waals surface area contributed by atoms with E-state index in [2.05, 4.69) is 20.9 Å². The van der Waals surface area contributed by atoms with Gasteiger partial charge in [0.1, 0.15) is 0 Å². The molecule has 0 radical (unpaired) electrons. The normalized spacial score (nSPS) is 13.9. The maximum atomic E-state index is 12.0. The van der Waals surface area contributed by atoms with Gasteiger partial charge >= 0.3 is 0 Å². The zero-order valence-corrected chi connectivity index (χ0v) is 19.3. The maximum absolute atomic E-state index is 12.0. The van der Waals surface area contributed by atoms with Gasteiger partial charge < -0.3 is 20.9 Å². The van der Waals surface area contributed by atoms with Crippen LogP contribution in [0.15, 0.2) is 29.3 Å². The Bertz CT molecular complexity index is 654. The van der Waals surface area contributed by atoms with Crippen molar-refractivity contribution in [3.63, 3.8) is 0 Å². The molecule has 1 aliphatic rings. The quantitative estimate of drug-likeness (QED) is 0.201. The smallest absolute Gasteiger partial charge is 0.251 e. The number of carbonyl (C=O) groups excluding carboxylic acids is 2. The number of hydrogen-bond donors (Lipinski definition) is 3. The van der Waals surface area contributed by atoms with Gasteiger partial charge in [0.2, 0.25) is 5.91 Å². The largest absolute Gasteiger partial charge is 0.357 e. The molecule has 28 heavy (non-hydrogen) atoms. The number of benzene rings is 1. The van der Waals surface area contributed by atoms with Crippen molar-refractivity contribution in [1.82, 2.24) is 20.9 Å². The van der Waals surface area contributed by atoms with Crippen molar-refractivity contribution < 1.29 is 9.59 Å². The summed E-state index contributed by atoms with van der Waals surface area (Å²) in [5.41, 5.74) is 0.580. The van der Waals surface area contributed by atoms with Crippen molar-refractivity contribution in [3.8, 4) is 0 Å². The summed E-state index contributed by atoms with van der Waals surface area (Å²) in [6.07, 6.45) is 2.48. The Hall–Kier alpha value is -1.55. The number of halogens is 2. The molecular weight excluding hydrogens is 493 g/mol. The van der Waals surface area contributed by atoms with E-state index in [-0.39, 0.29) is 35.8 Å². The summed E-state index contributed by atoms with van der Waals surface area (Å²) >= 11 is 5.82. The zero-order valence-electron chi connectivity index (χ0n) is 16.2. The molecule has 0 aromatic heterocycles. The van der Waals surface area contributed by atoms with Crippen LogP contribution in [0.5, 0.6) is 0 Å². The summed E-state index contributed by atoms with van der Waals surface area (Å²) in [5, 5.41) is 9.83. The SMILES string of the molecule is CCNC(=NCCCN1CCCC1=O)NCCNC(=O)c1ccc(Cl)cc1.I. The van der Waals surface area contributed by atoms with Crippen LogP contribution in [0.1, 0.15) is 36.5 Å². The van der Waals surface area contributed by atoms with Gasteiger partial charge in [-0.15, -0.1) is 24.0 Å². The number of guanidine groups is 1. The minimum atomic E-state index is -0.134. The second-order valence-corrected chi connectivity index (χ2v) is 6.72. The van der Waals surface area contributed by atoms with E-state index >= 15 is 0 Å². The second kappa shape index (κ2) is 13.6. The molecule has 2 rings (SSSR count). The first-order chi connectivity index (χ1) is 13.1. The number of hydrogen-bond acceptors (Lipinski definition) is 3. The Balaban J connectivity index is 0.00000392. The summed E-state index contributed by atoms with van der Waals surface area (Å²) < 4.78 is 0. The molecule has 1 fully saturated rings. The zero-order chi connectivity index (χ0) is 19.5. The molecule has 156 valence electrons. The van der Waals surface area contributed by atoms with Gasteiger partial charge in [0.05, 0.1) is 0 Å². The minimum Gasteiger partial charge on any atom is -0.357 e. The molecule has 0 spiro atoms. The van der Waals surface area contributed by atoms with Crippen molar-refractivity contribution >= 4 is 53.4 Å².